The zero-order valence-electron chi connectivity index (χ0n) is 19.3. The van der Waals surface area contributed by atoms with Crippen molar-refractivity contribution in [3.63, 3.8) is 0 Å². The Kier molecular flexibility index (Phi) is 28.6. The third-order valence-corrected chi connectivity index (χ3v) is 4.00. The summed E-state index contributed by atoms with van der Waals surface area (Å²) in [6, 6.07) is 0. The molecule has 1 fully saturated rings. The Morgan fingerprint density at radius 2 is 1.57 bits per heavy atom. The summed E-state index contributed by atoms with van der Waals surface area (Å²) in [4.78, 5) is 32.3. The van der Waals surface area contributed by atoms with Gasteiger partial charge in [0.15, 0.2) is 0 Å². The molecule has 3 N–H and O–H groups in total. The van der Waals surface area contributed by atoms with E-state index >= 15 is 0 Å². The van der Waals surface area contributed by atoms with E-state index in [9.17, 15) is 14.4 Å². The molecule has 172 valence electrons. The van der Waals surface area contributed by atoms with Crippen LogP contribution in [0.4, 0.5) is 0 Å². The van der Waals surface area contributed by atoms with Crippen LogP contribution in [0.1, 0.15) is 102 Å². The molecular weight excluding hydrogens is 356 g/mol. The molecule has 0 radical (unpaired) electrons. The van der Waals surface area contributed by atoms with Crippen molar-refractivity contribution in [3.05, 3.63) is 0 Å². The maximum Gasteiger partial charge on any atom is 0.220 e. The van der Waals surface area contributed by atoms with Crippen molar-refractivity contribution in [2.45, 2.75) is 99.3 Å². The lowest BCUT2D eigenvalue weighted by Crippen LogP contribution is -2.25. The van der Waals surface area contributed by atoms with Crippen LogP contribution in [0.5, 0.6) is 0 Å². The lowest BCUT2D eigenvalue weighted by Gasteiger charge is -2.17. The number of carbonyl (C=O) groups is 3. The minimum absolute atomic E-state index is 0. The van der Waals surface area contributed by atoms with E-state index in [4.69, 9.17) is 10.5 Å². The van der Waals surface area contributed by atoms with Crippen LogP contribution in [0.2, 0.25) is 0 Å². The Bertz CT molecular complexity index is 378. The highest BCUT2D eigenvalue weighted by Crippen LogP contribution is 2.23. The molecule has 1 rings (SSSR count). The average Bonchev–Trinajstić information content (AvgIpc) is 2.72. The fourth-order valence-corrected chi connectivity index (χ4v) is 2.57. The number of nitrogens with one attached hydrogen (secondary N) is 1. The summed E-state index contributed by atoms with van der Waals surface area (Å²) < 4.78 is 5.12. The van der Waals surface area contributed by atoms with Crippen LogP contribution < -0.4 is 11.1 Å². The second-order valence-electron chi connectivity index (χ2n) is 6.17. The van der Waals surface area contributed by atoms with E-state index in [2.05, 4.69) is 5.32 Å². The highest BCUT2D eigenvalue weighted by atomic mass is 16.5. The first-order valence-corrected chi connectivity index (χ1v) is 11.1. The third-order valence-electron chi connectivity index (χ3n) is 4.00. The van der Waals surface area contributed by atoms with Gasteiger partial charge in [0.05, 0.1) is 0 Å². The largest absolute Gasteiger partial charge is 0.382 e. The molecule has 0 aliphatic heterocycles. The number of ether oxygens (including phenoxy) is 1. The van der Waals surface area contributed by atoms with Crippen LogP contribution in [0.15, 0.2) is 0 Å². The summed E-state index contributed by atoms with van der Waals surface area (Å²) in [5, 5.41) is 2.74. The molecule has 0 unspecified atom stereocenters. The summed E-state index contributed by atoms with van der Waals surface area (Å²) in [7, 11) is 0. The number of ketones is 1. The molecule has 1 aliphatic rings. The molecule has 0 atom stereocenters. The number of amides is 2. The lowest BCUT2D eigenvalue weighted by molar-refractivity contribution is -0.122. The van der Waals surface area contributed by atoms with E-state index in [1.54, 1.807) is 6.92 Å². The number of Topliss-reactive ketones (excluding diaryl/α,β-unsaturated/α-hetero) is 1. The molecule has 28 heavy (non-hydrogen) atoms. The normalized spacial score (nSPS) is 12.8. The summed E-state index contributed by atoms with van der Waals surface area (Å²) in [5.74, 6) is 0.417. The predicted octanol–water partition coefficient (Wildman–Crippen LogP) is 4.88. The maximum absolute atomic E-state index is 11.2. The third kappa shape index (κ3) is 24.6. The van der Waals surface area contributed by atoms with Crippen LogP contribution in [-0.4, -0.2) is 37.4 Å². The van der Waals surface area contributed by atoms with Crippen LogP contribution in [0, 0.1) is 5.92 Å². The van der Waals surface area contributed by atoms with Crippen LogP contribution >= 0.6 is 0 Å². The number of hydrogen-bond donors (Lipinski definition) is 2. The first-order valence-electron chi connectivity index (χ1n) is 11.1. The molecule has 0 aromatic rings. The molecule has 1 saturated carbocycles. The summed E-state index contributed by atoms with van der Waals surface area (Å²) in [5.41, 5.74) is 4.95. The zero-order valence-corrected chi connectivity index (χ0v) is 19.3. The van der Waals surface area contributed by atoms with Crippen molar-refractivity contribution in [2.75, 3.05) is 19.8 Å². The molecular formula is C22H50N2O4. The molecule has 1 aliphatic carbocycles. The van der Waals surface area contributed by atoms with E-state index in [0.717, 1.165) is 19.3 Å². The highest BCUT2D eigenvalue weighted by Gasteiger charge is 2.16. The molecule has 0 bridgehead atoms. The Hall–Kier alpha value is -1.43. The van der Waals surface area contributed by atoms with Crippen molar-refractivity contribution >= 4 is 17.6 Å². The molecule has 2 amide bonds. The Morgan fingerprint density at radius 1 is 1.00 bits per heavy atom. The molecule has 0 saturated heterocycles. The van der Waals surface area contributed by atoms with Gasteiger partial charge in [-0.05, 0) is 39.5 Å². The molecule has 6 heteroatoms. The van der Waals surface area contributed by atoms with E-state index in [1.807, 2.05) is 34.6 Å². The second kappa shape index (κ2) is 25.6. The number of hydrogen-bond acceptors (Lipinski definition) is 4. The maximum atomic E-state index is 11.2. The van der Waals surface area contributed by atoms with Crippen molar-refractivity contribution < 1.29 is 22.0 Å². The minimum atomic E-state index is -0.362. The second-order valence-corrected chi connectivity index (χ2v) is 6.17. The van der Waals surface area contributed by atoms with E-state index < -0.39 is 0 Å². The Labute approximate surface area is 176 Å². The van der Waals surface area contributed by atoms with Crippen LogP contribution in [0.25, 0.3) is 0 Å². The van der Waals surface area contributed by atoms with Gasteiger partial charge in [-0.3, -0.25) is 14.4 Å². The molecule has 0 aromatic carbocycles. The van der Waals surface area contributed by atoms with Gasteiger partial charge in [0.1, 0.15) is 5.78 Å². The summed E-state index contributed by atoms with van der Waals surface area (Å²) in [6.07, 6.45) is 8.13. The SMILES string of the molecule is CC.CC.CC(=O)C1CCCCC1.CCOCCCNC(=O)CCCC(N)=O.[HH].[HH]. The van der Waals surface area contributed by atoms with Gasteiger partial charge >= 0.3 is 0 Å². The van der Waals surface area contributed by atoms with Gasteiger partial charge in [0, 0.05) is 41.4 Å². The van der Waals surface area contributed by atoms with Gasteiger partial charge in [0.25, 0.3) is 0 Å². The molecule has 6 nitrogen and oxygen atoms in total. The zero-order chi connectivity index (χ0) is 22.2. The van der Waals surface area contributed by atoms with Crippen LogP contribution in [-0.2, 0) is 19.1 Å². The lowest BCUT2D eigenvalue weighted by atomic mass is 9.87. The first-order chi connectivity index (χ1) is 13.5. The Balaban J connectivity index is -0.000000119. The fourth-order valence-electron chi connectivity index (χ4n) is 2.57. The van der Waals surface area contributed by atoms with Gasteiger partial charge < -0.3 is 15.8 Å². The number of primary amides is 1. The van der Waals surface area contributed by atoms with Crippen LogP contribution in [0.3, 0.4) is 0 Å². The fraction of sp³-hybridized carbons (Fsp3) is 0.864. The predicted molar refractivity (Wildman–Crippen MR) is 121 cm³/mol. The van der Waals surface area contributed by atoms with Crippen molar-refractivity contribution in [1.82, 2.24) is 5.32 Å². The van der Waals surface area contributed by atoms with Gasteiger partial charge in [-0.15, -0.1) is 0 Å². The number of nitrogens with two attached hydrogens (primary N) is 1. The standard InChI is InChI=1S/C10H20N2O3.C8H14O.2C2H6.2H2/c1-2-15-8-4-7-12-10(14)6-3-5-9(11)13;1-7(9)8-5-3-2-4-6-8;2*1-2;;/h2-8H2,1H3,(H2,11,13)(H,12,14);8H,2-6H2,1H3;2*1-2H3;2*1H. The van der Waals surface area contributed by atoms with Gasteiger partial charge in [0.2, 0.25) is 11.8 Å². The number of rotatable bonds is 10. The average molecular weight is 407 g/mol. The van der Waals surface area contributed by atoms with Gasteiger partial charge in [-0.1, -0.05) is 47.0 Å². The van der Waals surface area contributed by atoms with Gasteiger partial charge in [-0.2, -0.15) is 0 Å². The first kappa shape index (κ1) is 31.3. The smallest absolute Gasteiger partial charge is 0.220 e. The molecule has 0 spiro atoms. The molecule has 0 heterocycles. The summed E-state index contributed by atoms with van der Waals surface area (Å²) in [6.45, 7) is 13.6. The van der Waals surface area contributed by atoms with Gasteiger partial charge in [-0.25, -0.2) is 0 Å². The van der Waals surface area contributed by atoms with Crippen molar-refractivity contribution in [3.8, 4) is 0 Å². The topological polar surface area (TPSA) is 98.5 Å². The summed E-state index contributed by atoms with van der Waals surface area (Å²) >= 11 is 0. The number of carbonyl (C=O) groups excluding carboxylic acids is 3. The van der Waals surface area contributed by atoms with Crippen molar-refractivity contribution in [2.24, 2.45) is 11.7 Å². The minimum Gasteiger partial charge on any atom is -0.382 e. The van der Waals surface area contributed by atoms with E-state index in [1.165, 1.54) is 19.3 Å². The van der Waals surface area contributed by atoms with E-state index in [-0.39, 0.29) is 21.1 Å². The Morgan fingerprint density at radius 3 is 2.00 bits per heavy atom. The van der Waals surface area contributed by atoms with Crippen molar-refractivity contribution in [1.29, 1.82) is 0 Å². The quantitative estimate of drug-likeness (QED) is 0.505. The van der Waals surface area contributed by atoms with E-state index in [0.29, 0.717) is 44.3 Å². The molecule has 0 aromatic heterocycles. The highest BCUT2D eigenvalue weighted by molar-refractivity contribution is 5.78. The monoisotopic (exact) mass is 406 g/mol.